The Morgan fingerprint density at radius 1 is 1.25 bits per heavy atom. The monoisotopic (exact) mass is 272 g/mol. The van der Waals surface area contributed by atoms with Gasteiger partial charge < -0.3 is 15.0 Å². The van der Waals surface area contributed by atoms with Crippen LogP contribution in [0.4, 0.5) is 5.69 Å². The first-order valence-electron chi connectivity index (χ1n) is 6.82. The van der Waals surface area contributed by atoms with E-state index in [1.54, 1.807) is 0 Å². The summed E-state index contributed by atoms with van der Waals surface area (Å²) < 4.78 is 5.55. The first kappa shape index (κ1) is 14.2. The highest BCUT2D eigenvalue weighted by Gasteiger charge is 2.04. The molecule has 2 N–H and O–H groups in total. The number of H-pyrrole nitrogens is 1. The molecule has 0 atom stereocenters. The van der Waals surface area contributed by atoms with Gasteiger partial charge in [0.1, 0.15) is 5.75 Å². The molecule has 0 aliphatic carbocycles. The summed E-state index contributed by atoms with van der Waals surface area (Å²) in [7, 11) is 0. The maximum Gasteiger partial charge on any atom is 0.224 e. The van der Waals surface area contributed by atoms with Crippen molar-refractivity contribution in [1.82, 2.24) is 4.98 Å². The quantitative estimate of drug-likeness (QED) is 0.847. The maximum absolute atomic E-state index is 11.8. The number of amides is 1. The van der Waals surface area contributed by atoms with Crippen molar-refractivity contribution in [2.24, 2.45) is 0 Å². The van der Waals surface area contributed by atoms with E-state index in [0.717, 1.165) is 17.1 Å². The van der Waals surface area contributed by atoms with E-state index < -0.39 is 0 Å². The lowest BCUT2D eigenvalue weighted by Gasteiger charge is -2.10. The minimum Gasteiger partial charge on any atom is -0.491 e. The average molecular weight is 272 g/mol. The molecule has 0 bridgehead atoms. The van der Waals surface area contributed by atoms with E-state index in [4.69, 9.17) is 4.74 Å². The molecule has 0 saturated carbocycles. The van der Waals surface area contributed by atoms with Gasteiger partial charge in [-0.05, 0) is 56.7 Å². The zero-order valence-electron chi connectivity index (χ0n) is 11.8. The Hall–Kier alpha value is -2.23. The second-order valence-electron chi connectivity index (χ2n) is 4.93. The van der Waals surface area contributed by atoms with Gasteiger partial charge in [0.2, 0.25) is 5.91 Å². The summed E-state index contributed by atoms with van der Waals surface area (Å²) in [6.45, 7) is 3.96. The fourth-order valence-electron chi connectivity index (χ4n) is 1.88. The highest BCUT2D eigenvalue weighted by molar-refractivity contribution is 5.90. The third kappa shape index (κ3) is 4.46. The van der Waals surface area contributed by atoms with E-state index >= 15 is 0 Å². The number of benzene rings is 1. The number of hydrogen-bond donors (Lipinski definition) is 2. The van der Waals surface area contributed by atoms with Gasteiger partial charge in [-0.25, -0.2) is 0 Å². The third-order valence-electron chi connectivity index (χ3n) is 2.79. The Bertz CT molecular complexity index is 530. The van der Waals surface area contributed by atoms with Crippen LogP contribution in [0, 0.1) is 0 Å². The zero-order valence-corrected chi connectivity index (χ0v) is 11.8. The van der Waals surface area contributed by atoms with E-state index in [-0.39, 0.29) is 12.0 Å². The van der Waals surface area contributed by atoms with Crippen LogP contribution in [0.15, 0.2) is 42.6 Å². The number of rotatable bonds is 6. The minimum absolute atomic E-state index is 0.0112. The molecular weight excluding hydrogens is 252 g/mol. The lowest BCUT2D eigenvalue weighted by molar-refractivity contribution is -0.116. The molecule has 0 unspecified atom stereocenters. The summed E-state index contributed by atoms with van der Waals surface area (Å²) in [6, 6.07) is 11.3. The molecular formula is C16H20N2O2. The molecule has 0 fully saturated rings. The molecule has 0 radical (unpaired) electrons. The van der Waals surface area contributed by atoms with Crippen molar-refractivity contribution in [3.8, 4) is 5.75 Å². The zero-order chi connectivity index (χ0) is 14.4. The van der Waals surface area contributed by atoms with Crippen LogP contribution in [-0.4, -0.2) is 17.0 Å². The SMILES string of the molecule is CC(C)Oc1ccc(NC(=O)CCc2ccc[nH]2)cc1. The van der Waals surface area contributed by atoms with E-state index in [2.05, 4.69) is 10.3 Å². The fraction of sp³-hybridized carbons (Fsp3) is 0.312. The van der Waals surface area contributed by atoms with Crippen LogP contribution >= 0.6 is 0 Å². The molecule has 1 aromatic carbocycles. The van der Waals surface area contributed by atoms with Crippen molar-refractivity contribution in [3.05, 3.63) is 48.3 Å². The molecule has 2 aromatic rings. The summed E-state index contributed by atoms with van der Waals surface area (Å²) in [5.41, 5.74) is 1.86. The van der Waals surface area contributed by atoms with E-state index in [1.165, 1.54) is 0 Å². The molecule has 106 valence electrons. The molecule has 0 spiro atoms. The molecule has 1 aromatic heterocycles. The largest absolute Gasteiger partial charge is 0.491 e. The lowest BCUT2D eigenvalue weighted by atomic mass is 10.2. The standard InChI is InChI=1S/C16H20N2O2/c1-12(2)20-15-8-5-14(6-9-15)18-16(19)10-7-13-4-3-11-17-13/h3-6,8-9,11-12,17H,7,10H2,1-2H3,(H,18,19). The Labute approximate surface area is 119 Å². The molecule has 20 heavy (non-hydrogen) atoms. The van der Waals surface area contributed by atoms with Gasteiger partial charge in [-0.2, -0.15) is 0 Å². The number of carbonyl (C=O) groups is 1. The second-order valence-corrected chi connectivity index (χ2v) is 4.93. The van der Waals surface area contributed by atoms with Gasteiger partial charge in [0.25, 0.3) is 0 Å². The summed E-state index contributed by atoms with van der Waals surface area (Å²) in [6.07, 6.45) is 3.19. The Kier molecular flexibility index (Phi) is 4.82. The highest BCUT2D eigenvalue weighted by Crippen LogP contribution is 2.17. The van der Waals surface area contributed by atoms with Gasteiger partial charge in [-0.1, -0.05) is 0 Å². The summed E-state index contributed by atoms with van der Waals surface area (Å²) in [5, 5.41) is 2.88. The number of hydrogen-bond acceptors (Lipinski definition) is 2. The van der Waals surface area contributed by atoms with Crippen LogP contribution in [0.2, 0.25) is 0 Å². The normalized spacial score (nSPS) is 10.6. The Balaban J connectivity index is 1.81. The predicted octanol–water partition coefficient (Wildman–Crippen LogP) is 3.37. The third-order valence-corrected chi connectivity index (χ3v) is 2.79. The van der Waals surface area contributed by atoms with E-state index in [0.29, 0.717) is 12.8 Å². The predicted molar refractivity (Wildman–Crippen MR) is 79.9 cm³/mol. The van der Waals surface area contributed by atoms with Gasteiger partial charge in [0, 0.05) is 24.0 Å². The molecule has 1 amide bonds. The van der Waals surface area contributed by atoms with Crippen LogP contribution in [0.3, 0.4) is 0 Å². The van der Waals surface area contributed by atoms with Gasteiger partial charge in [0.05, 0.1) is 6.10 Å². The molecule has 1 heterocycles. The van der Waals surface area contributed by atoms with Gasteiger partial charge in [-0.15, -0.1) is 0 Å². The van der Waals surface area contributed by atoms with E-state index in [1.807, 2.05) is 56.4 Å². The Morgan fingerprint density at radius 2 is 2.00 bits per heavy atom. The molecule has 4 nitrogen and oxygen atoms in total. The number of carbonyl (C=O) groups excluding carboxylic acids is 1. The fourth-order valence-corrected chi connectivity index (χ4v) is 1.88. The van der Waals surface area contributed by atoms with Crippen molar-refractivity contribution < 1.29 is 9.53 Å². The number of ether oxygens (including phenoxy) is 1. The van der Waals surface area contributed by atoms with Crippen LogP contribution in [-0.2, 0) is 11.2 Å². The first-order chi connectivity index (χ1) is 9.63. The molecule has 0 saturated heterocycles. The minimum atomic E-state index is 0.0112. The van der Waals surface area contributed by atoms with Crippen molar-refractivity contribution in [1.29, 1.82) is 0 Å². The molecule has 0 aliphatic rings. The van der Waals surface area contributed by atoms with E-state index in [9.17, 15) is 4.79 Å². The molecule has 0 aliphatic heterocycles. The van der Waals surface area contributed by atoms with Crippen molar-refractivity contribution >= 4 is 11.6 Å². The highest BCUT2D eigenvalue weighted by atomic mass is 16.5. The number of anilines is 1. The van der Waals surface area contributed by atoms with Crippen molar-refractivity contribution in [2.45, 2.75) is 32.8 Å². The van der Waals surface area contributed by atoms with Crippen LogP contribution < -0.4 is 10.1 Å². The number of aromatic nitrogens is 1. The summed E-state index contributed by atoms with van der Waals surface area (Å²) >= 11 is 0. The summed E-state index contributed by atoms with van der Waals surface area (Å²) in [5.74, 6) is 0.821. The smallest absolute Gasteiger partial charge is 0.224 e. The number of nitrogens with one attached hydrogen (secondary N) is 2. The molecule has 4 heteroatoms. The maximum atomic E-state index is 11.8. The number of aryl methyl sites for hydroxylation is 1. The van der Waals surface area contributed by atoms with Crippen LogP contribution in [0.25, 0.3) is 0 Å². The lowest BCUT2D eigenvalue weighted by Crippen LogP contribution is -2.12. The number of aromatic amines is 1. The molecule has 2 rings (SSSR count). The average Bonchev–Trinajstić information content (AvgIpc) is 2.91. The second kappa shape index (κ2) is 6.80. The van der Waals surface area contributed by atoms with Gasteiger partial charge >= 0.3 is 0 Å². The summed E-state index contributed by atoms with van der Waals surface area (Å²) in [4.78, 5) is 14.9. The van der Waals surface area contributed by atoms with Crippen LogP contribution in [0.1, 0.15) is 26.0 Å². The van der Waals surface area contributed by atoms with Gasteiger partial charge in [0.15, 0.2) is 0 Å². The topological polar surface area (TPSA) is 54.1 Å². The van der Waals surface area contributed by atoms with Crippen LogP contribution in [0.5, 0.6) is 5.75 Å². The Morgan fingerprint density at radius 3 is 2.60 bits per heavy atom. The van der Waals surface area contributed by atoms with Crippen molar-refractivity contribution in [2.75, 3.05) is 5.32 Å². The van der Waals surface area contributed by atoms with Crippen molar-refractivity contribution in [3.63, 3.8) is 0 Å². The van der Waals surface area contributed by atoms with Gasteiger partial charge in [-0.3, -0.25) is 4.79 Å². The first-order valence-corrected chi connectivity index (χ1v) is 6.82.